The maximum Gasteiger partial charge on any atom is 0.328 e. The van der Waals surface area contributed by atoms with E-state index in [2.05, 4.69) is 16.1 Å². The number of carbonyl (C=O) groups excluding carboxylic acids is 3. The summed E-state index contributed by atoms with van der Waals surface area (Å²) < 4.78 is 1.26. The molecule has 29 heavy (non-hydrogen) atoms. The van der Waals surface area contributed by atoms with Crippen molar-refractivity contribution in [2.24, 2.45) is 0 Å². The number of amides is 3. The van der Waals surface area contributed by atoms with Gasteiger partial charge in [-0.25, -0.2) is 4.68 Å². The molecule has 3 rings (SSSR count). The van der Waals surface area contributed by atoms with Gasteiger partial charge in [-0.1, -0.05) is 29.3 Å². The fourth-order valence-corrected chi connectivity index (χ4v) is 3.09. The number of fused-ring (bicyclic) bond motifs is 1. The molecule has 0 radical (unpaired) electrons. The van der Waals surface area contributed by atoms with Gasteiger partial charge in [0, 0.05) is 27.2 Å². The Morgan fingerprint density at radius 3 is 2.34 bits per heavy atom. The minimum Gasteiger partial charge on any atom is -0.346 e. The Bertz CT molecular complexity index is 1110. The molecule has 0 saturated heterocycles. The van der Waals surface area contributed by atoms with E-state index in [0.29, 0.717) is 26.6 Å². The van der Waals surface area contributed by atoms with E-state index in [1.165, 1.54) is 4.68 Å². The highest BCUT2D eigenvalue weighted by Gasteiger charge is 2.21. The fraction of sp³-hybridized carbons (Fsp3) is 0.150. The maximum absolute atomic E-state index is 12.9. The average molecular weight is 433 g/mol. The molecule has 0 atom stereocenters. The van der Waals surface area contributed by atoms with E-state index in [9.17, 15) is 14.4 Å². The van der Waals surface area contributed by atoms with E-state index < -0.39 is 17.7 Å². The Morgan fingerprint density at radius 2 is 1.66 bits per heavy atom. The molecular formula is C20H18Cl2N4O3. The largest absolute Gasteiger partial charge is 0.346 e. The molecule has 1 heterocycles. The standard InChI is InChI=1S/C20H18Cl2N4O3/c1-11(2)23-19(28)20(29)25-26-16-7-6-14(22)8-12(16)9-17(26)18(27)24-15-5-3-4-13(21)10-15/h3-11H,1-2H3,(H,23,28)(H,24,27)(H,25,29). The highest BCUT2D eigenvalue weighted by molar-refractivity contribution is 6.38. The molecule has 3 aromatic rings. The Labute approximate surface area is 176 Å². The van der Waals surface area contributed by atoms with Gasteiger partial charge in [0.15, 0.2) is 0 Å². The molecule has 3 N–H and O–H groups in total. The summed E-state index contributed by atoms with van der Waals surface area (Å²) in [4.78, 5) is 37.2. The number of carbonyl (C=O) groups is 3. The van der Waals surface area contributed by atoms with Gasteiger partial charge in [-0.15, -0.1) is 0 Å². The second-order valence-electron chi connectivity index (χ2n) is 6.60. The van der Waals surface area contributed by atoms with Crippen LogP contribution in [0.5, 0.6) is 0 Å². The highest BCUT2D eigenvalue weighted by Crippen LogP contribution is 2.24. The van der Waals surface area contributed by atoms with Gasteiger partial charge in [-0.3, -0.25) is 19.8 Å². The van der Waals surface area contributed by atoms with Gasteiger partial charge in [-0.05, 0) is 56.3 Å². The minimum absolute atomic E-state index is 0.118. The molecule has 0 aliphatic carbocycles. The number of halogens is 2. The molecule has 7 nitrogen and oxygen atoms in total. The maximum atomic E-state index is 12.9. The third kappa shape index (κ3) is 4.88. The van der Waals surface area contributed by atoms with Crippen molar-refractivity contribution in [1.82, 2.24) is 9.99 Å². The van der Waals surface area contributed by atoms with Gasteiger partial charge in [-0.2, -0.15) is 0 Å². The molecule has 9 heteroatoms. The Morgan fingerprint density at radius 1 is 0.931 bits per heavy atom. The third-order valence-electron chi connectivity index (χ3n) is 3.92. The lowest BCUT2D eigenvalue weighted by atomic mass is 10.2. The zero-order chi connectivity index (χ0) is 21.1. The van der Waals surface area contributed by atoms with Crippen LogP contribution in [0.3, 0.4) is 0 Å². The van der Waals surface area contributed by atoms with Crippen LogP contribution in [0.1, 0.15) is 24.3 Å². The van der Waals surface area contributed by atoms with Crippen molar-refractivity contribution >= 4 is 57.5 Å². The van der Waals surface area contributed by atoms with E-state index in [0.717, 1.165) is 0 Å². The SMILES string of the molecule is CC(C)NC(=O)C(=O)Nn1c(C(=O)Nc2cccc(Cl)c2)cc2cc(Cl)ccc21. The van der Waals surface area contributed by atoms with Crippen LogP contribution in [0.25, 0.3) is 10.9 Å². The summed E-state index contributed by atoms with van der Waals surface area (Å²) in [6, 6.07) is 13.0. The molecule has 0 bridgehead atoms. The third-order valence-corrected chi connectivity index (χ3v) is 4.39. The molecule has 3 amide bonds. The van der Waals surface area contributed by atoms with Gasteiger partial charge in [0.2, 0.25) is 0 Å². The number of hydrogen-bond donors (Lipinski definition) is 3. The molecular weight excluding hydrogens is 415 g/mol. The van der Waals surface area contributed by atoms with Gasteiger partial charge in [0.1, 0.15) is 5.69 Å². The van der Waals surface area contributed by atoms with Crippen molar-refractivity contribution in [3.63, 3.8) is 0 Å². The molecule has 0 fully saturated rings. The minimum atomic E-state index is -0.900. The normalized spacial score (nSPS) is 10.8. The number of benzene rings is 2. The highest BCUT2D eigenvalue weighted by atomic mass is 35.5. The van der Waals surface area contributed by atoms with Crippen LogP contribution in [0.4, 0.5) is 5.69 Å². The lowest BCUT2D eigenvalue weighted by molar-refractivity contribution is -0.137. The molecule has 0 unspecified atom stereocenters. The predicted octanol–water partition coefficient (Wildman–Crippen LogP) is 3.80. The van der Waals surface area contributed by atoms with Crippen LogP contribution in [0.15, 0.2) is 48.5 Å². The summed E-state index contributed by atoms with van der Waals surface area (Å²) in [5.74, 6) is -2.20. The zero-order valence-electron chi connectivity index (χ0n) is 15.6. The Balaban J connectivity index is 1.97. The average Bonchev–Trinajstić information content (AvgIpc) is 2.98. The number of nitrogens with zero attached hydrogens (tertiary/aromatic N) is 1. The molecule has 0 spiro atoms. The van der Waals surface area contributed by atoms with Crippen LogP contribution in [-0.4, -0.2) is 28.4 Å². The number of aromatic nitrogens is 1. The fourth-order valence-electron chi connectivity index (χ4n) is 2.72. The molecule has 1 aromatic heterocycles. The Kier molecular flexibility index (Phi) is 6.10. The summed E-state index contributed by atoms with van der Waals surface area (Å²) >= 11 is 12.0. The van der Waals surface area contributed by atoms with Crippen molar-refractivity contribution in [3.8, 4) is 0 Å². The Hall–Kier alpha value is -3.03. The summed E-state index contributed by atoms with van der Waals surface area (Å²) in [6.45, 7) is 3.48. The number of hydrogen-bond acceptors (Lipinski definition) is 3. The van der Waals surface area contributed by atoms with Crippen LogP contribution in [0, 0.1) is 0 Å². The topological polar surface area (TPSA) is 92.2 Å². The lowest BCUT2D eigenvalue weighted by Gasteiger charge is -2.13. The second kappa shape index (κ2) is 8.55. The van der Waals surface area contributed by atoms with Crippen LogP contribution in [-0.2, 0) is 9.59 Å². The van der Waals surface area contributed by atoms with Crippen LogP contribution in [0.2, 0.25) is 10.0 Å². The number of rotatable bonds is 4. The van der Waals surface area contributed by atoms with Gasteiger partial charge >= 0.3 is 11.8 Å². The van der Waals surface area contributed by atoms with Crippen molar-refractivity contribution in [2.75, 3.05) is 10.7 Å². The molecule has 0 aliphatic heterocycles. The summed E-state index contributed by atoms with van der Waals surface area (Å²) in [7, 11) is 0. The summed E-state index contributed by atoms with van der Waals surface area (Å²) in [5.41, 5.74) is 3.59. The number of anilines is 1. The second-order valence-corrected chi connectivity index (χ2v) is 7.47. The van der Waals surface area contributed by atoms with Crippen LogP contribution < -0.4 is 16.1 Å². The molecule has 150 valence electrons. The molecule has 0 aliphatic rings. The number of nitrogens with one attached hydrogen (secondary N) is 3. The van der Waals surface area contributed by atoms with E-state index in [4.69, 9.17) is 23.2 Å². The lowest BCUT2D eigenvalue weighted by Crippen LogP contribution is -2.42. The monoisotopic (exact) mass is 432 g/mol. The first kappa shape index (κ1) is 20.7. The van der Waals surface area contributed by atoms with Crippen molar-refractivity contribution in [1.29, 1.82) is 0 Å². The van der Waals surface area contributed by atoms with E-state index in [1.807, 2.05) is 0 Å². The van der Waals surface area contributed by atoms with E-state index in [-0.39, 0.29) is 11.7 Å². The quantitative estimate of drug-likeness (QED) is 0.547. The first-order valence-corrected chi connectivity index (χ1v) is 9.50. The smallest absolute Gasteiger partial charge is 0.328 e. The van der Waals surface area contributed by atoms with Crippen molar-refractivity contribution in [3.05, 3.63) is 64.3 Å². The van der Waals surface area contributed by atoms with E-state index >= 15 is 0 Å². The van der Waals surface area contributed by atoms with Gasteiger partial charge in [0.05, 0.1) is 5.52 Å². The van der Waals surface area contributed by atoms with Crippen molar-refractivity contribution < 1.29 is 14.4 Å². The van der Waals surface area contributed by atoms with Gasteiger partial charge < -0.3 is 10.6 Å². The van der Waals surface area contributed by atoms with Crippen molar-refractivity contribution in [2.45, 2.75) is 19.9 Å². The zero-order valence-corrected chi connectivity index (χ0v) is 17.1. The van der Waals surface area contributed by atoms with Gasteiger partial charge in [0.25, 0.3) is 5.91 Å². The first-order valence-electron chi connectivity index (χ1n) is 8.74. The van der Waals surface area contributed by atoms with E-state index in [1.54, 1.807) is 62.4 Å². The first-order chi connectivity index (χ1) is 13.7. The summed E-state index contributed by atoms with van der Waals surface area (Å²) in [6.07, 6.45) is 0. The summed E-state index contributed by atoms with van der Waals surface area (Å²) in [5, 5.41) is 6.79. The molecule has 0 saturated carbocycles. The molecule has 2 aromatic carbocycles. The van der Waals surface area contributed by atoms with Crippen LogP contribution >= 0.6 is 23.2 Å². The predicted molar refractivity (Wildman–Crippen MR) is 114 cm³/mol.